The average molecular weight is 358 g/mol. The molecular formula is C22H35N3O. The number of benzene rings is 1. The molecule has 0 radical (unpaired) electrons. The zero-order chi connectivity index (χ0) is 18.5. The molecular weight excluding hydrogens is 322 g/mol. The molecule has 1 N–H and O–H groups in total. The molecule has 0 saturated carbocycles. The van der Waals surface area contributed by atoms with Gasteiger partial charge in [0.2, 0.25) is 0 Å². The minimum absolute atomic E-state index is 0.284. The van der Waals surface area contributed by atoms with Crippen molar-refractivity contribution in [1.29, 1.82) is 0 Å². The molecule has 0 amide bonds. The summed E-state index contributed by atoms with van der Waals surface area (Å²) in [6.45, 7) is 13.5. The standard InChI is InChI=1S/C22H35N3O/c1-4-24-16-19(21-7-5-6-8-22(21)24)15-23-12-13-25(11-9-18(2)3)20(17-23)10-14-26/h5-8,16,18,20,26H,4,9-15,17H2,1-3H3/t20-/m1/s1. The highest BCUT2D eigenvalue weighted by Gasteiger charge is 2.27. The van der Waals surface area contributed by atoms with Crippen LogP contribution in [0.3, 0.4) is 0 Å². The molecule has 2 heterocycles. The Morgan fingerprint density at radius 2 is 2.00 bits per heavy atom. The quantitative estimate of drug-likeness (QED) is 0.784. The highest BCUT2D eigenvalue weighted by Crippen LogP contribution is 2.24. The fourth-order valence-electron chi connectivity index (χ4n) is 4.19. The number of hydrogen-bond acceptors (Lipinski definition) is 3. The topological polar surface area (TPSA) is 31.6 Å². The second-order valence-corrected chi connectivity index (χ2v) is 8.08. The van der Waals surface area contributed by atoms with Crippen LogP contribution in [0.5, 0.6) is 0 Å². The molecule has 26 heavy (non-hydrogen) atoms. The van der Waals surface area contributed by atoms with Gasteiger partial charge in [-0.3, -0.25) is 9.80 Å². The molecule has 1 saturated heterocycles. The molecule has 1 atom stereocenters. The Balaban J connectivity index is 1.69. The maximum Gasteiger partial charge on any atom is 0.0483 e. The third-order valence-corrected chi connectivity index (χ3v) is 5.75. The summed E-state index contributed by atoms with van der Waals surface area (Å²) in [7, 11) is 0. The Hall–Kier alpha value is -1.36. The van der Waals surface area contributed by atoms with Crippen molar-refractivity contribution in [1.82, 2.24) is 14.4 Å². The van der Waals surface area contributed by atoms with Crippen LogP contribution in [0.25, 0.3) is 10.9 Å². The molecule has 0 bridgehead atoms. The maximum atomic E-state index is 9.52. The zero-order valence-corrected chi connectivity index (χ0v) is 16.7. The second kappa shape index (κ2) is 9.03. The van der Waals surface area contributed by atoms with Crippen molar-refractivity contribution < 1.29 is 5.11 Å². The number of para-hydroxylation sites is 1. The van der Waals surface area contributed by atoms with Gasteiger partial charge >= 0.3 is 0 Å². The molecule has 1 aromatic heterocycles. The van der Waals surface area contributed by atoms with Gasteiger partial charge in [0, 0.05) is 62.5 Å². The van der Waals surface area contributed by atoms with Crippen molar-refractivity contribution >= 4 is 10.9 Å². The van der Waals surface area contributed by atoms with Crippen molar-refractivity contribution in [3.8, 4) is 0 Å². The average Bonchev–Trinajstić information content (AvgIpc) is 2.99. The van der Waals surface area contributed by atoms with Crippen LogP contribution in [0.4, 0.5) is 0 Å². The molecule has 0 unspecified atom stereocenters. The minimum Gasteiger partial charge on any atom is -0.396 e. The fraction of sp³-hybridized carbons (Fsp3) is 0.636. The van der Waals surface area contributed by atoms with E-state index < -0.39 is 0 Å². The highest BCUT2D eigenvalue weighted by molar-refractivity contribution is 5.83. The van der Waals surface area contributed by atoms with Crippen LogP contribution in [0.1, 0.15) is 39.2 Å². The number of aryl methyl sites for hydroxylation is 1. The molecule has 3 rings (SSSR count). The summed E-state index contributed by atoms with van der Waals surface area (Å²) in [5.74, 6) is 0.739. The van der Waals surface area contributed by atoms with Gasteiger partial charge in [-0.1, -0.05) is 32.0 Å². The smallest absolute Gasteiger partial charge is 0.0483 e. The first-order valence-electron chi connectivity index (χ1n) is 10.3. The Morgan fingerprint density at radius 1 is 1.19 bits per heavy atom. The summed E-state index contributed by atoms with van der Waals surface area (Å²) in [5, 5.41) is 10.9. The number of fused-ring (bicyclic) bond motifs is 1. The molecule has 1 aliphatic rings. The summed E-state index contributed by atoms with van der Waals surface area (Å²) in [6, 6.07) is 9.22. The monoisotopic (exact) mass is 357 g/mol. The lowest BCUT2D eigenvalue weighted by molar-refractivity contribution is 0.0525. The lowest BCUT2D eigenvalue weighted by Gasteiger charge is -2.41. The van der Waals surface area contributed by atoms with Gasteiger partial charge in [0.05, 0.1) is 0 Å². The van der Waals surface area contributed by atoms with E-state index in [0.29, 0.717) is 6.04 Å². The number of aromatic nitrogens is 1. The van der Waals surface area contributed by atoms with Crippen LogP contribution >= 0.6 is 0 Å². The van der Waals surface area contributed by atoms with Gasteiger partial charge in [-0.25, -0.2) is 0 Å². The zero-order valence-electron chi connectivity index (χ0n) is 16.7. The molecule has 2 aromatic rings. The minimum atomic E-state index is 0.284. The van der Waals surface area contributed by atoms with Crippen molar-refractivity contribution in [2.45, 2.75) is 52.7 Å². The second-order valence-electron chi connectivity index (χ2n) is 8.08. The van der Waals surface area contributed by atoms with E-state index in [9.17, 15) is 5.11 Å². The van der Waals surface area contributed by atoms with E-state index in [0.717, 1.165) is 51.6 Å². The van der Waals surface area contributed by atoms with E-state index in [4.69, 9.17) is 0 Å². The molecule has 0 aliphatic carbocycles. The molecule has 144 valence electrons. The molecule has 1 aliphatic heterocycles. The first-order chi connectivity index (χ1) is 12.6. The van der Waals surface area contributed by atoms with Gasteiger partial charge in [0.15, 0.2) is 0 Å². The first-order valence-corrected chi connectivity index (χ1v) is 10.3. The third-order valence-electron chi connectivity index (χ3n) is 5.75. The number of rotatable bonds is 8. The van der Waals surface area contributed by atoms with Crippen LogP contribution in [0.15, 0.2) is 30.5 Å². The predicted molar refractivity (Wildman–Crippen MR) is 109 cm³/mol. The van der Waals surface area contributed by atoms with Gasteiger partial charge in [-0.2, -0.15) is 0 Å². The van der Waals surface area contributed by atoms with Crippen molar-refractivity contribution in [2.75, 3.05) is 32.8 Å². The van der Waals surface area contributed by atoms with E-state index in [2.05, 4.69) is 65.6 Å². The van der Waals surface area contributed by atoms with Gasteiger partial charge in [0.25, 0.3) is 0 Å². The lowest BCUT2D eigenvalue weighted by atomic mass is 10.0. The van der Waals surface area contributed by atoms with Crippen LogP contribution in [-0.4, -0.2) is 58.3 Å². The van der Waals surface area contributed by atoms with Gasteiger partial charge < -0.3 is 9.67 Å². The Labute approximate surface area is 158 Å². The Morgan fingerprint density at radius 3 is 2.73 bits per heavy atom. The number of aliphatic hydroxyl groups excluding tert-OH is 1. The molecule has 4 nitrogen and oxygen atoms in total. The fourth-order valence-corrected chi connectivity index (χ4v) is 4.19. The van der Waals surface area contributed by atoms with E-state index in [1.54, 1.807) is 0 Å². The Bertz CT molecular complexity index is 694. The first kappa shape index (κ1) is 19.4. The molecule has 1 aromatic carbocycles. The van der Waals surface area contributed by atoms with Gasteiger partial charge in [-0.05, 0) is 43.9 Å². The predicted octanol–water partition coefficient (Wildman–Crippen LogP) is 3.58. The van der Waals surface area contributed by atoms with E-state index >= 15 is 0 Å². The molecule has 1 fully saturated rings. The SMILES string of the molecule is CCn1cc(CN2CCN(CCC(C)C)[C@H](CCO)C2)c2ccccc21. The van der Waals surface area contributed by atoms with Crippen LogP contribution in [0.2, 0.25) is 0 Å². The van der Waals surface area contributed by atoms with Crippen molar-refractivity contribution in [3.63, 3.8) is 0 Å². The number of nitrogens with zero attached hydrogens (tertiary/aromatic N) is 3. The lowest BCUT2D eigenvalue weighted by Crippen LogP contribution is -2.53. The van der Waals surface area contributed by atoms with Gasteiger partial charge in [0.1, 0.15) is 0 Å². The summed E-state index contributed by atoms with van der Waals surface area (Å²) in [6.07, 6.45) is 4.45. The summed E-state index contributed by atoms with van der Waals surface area (Å²) < 4.78 is 2.36. The number of aliphatic hydroxyl groups is 1. The maximum absolute atomic E-state index is 9.52. The van der Waals surface area contributed by atoms with Gasteiger partial charge in [-0.15, -0.1) is 0 Å². The summed E-state index contributed by atoms with van der Waals surface area (Å²) in [4.78, 5) is 5.18. The van der Waals surface area contributed by atoms with E-state index in [1.807, 2.05) is 0 Å². The van der Waals surface area contributed by atoms with Crippen molar-refractivity contribution in [2.24, 2.45) is 5.92 Å². The third kappa shape index (κ3) is 4.48. The van der Waals surface area contributed by atoms with E-state index in [-0.39, 0.29) is 6.61 Å². The van der Waals surface area contributed by atoms with Crippen molar-refractivity contribution in [3.05, 3.63) is 36.0 Å². The van der Waals surface area contributed by atoms with Crippen LogP contribution in [0, 0.1) is 5.92 Å². The Kier molecular flexibility index (Phi) is 6.74. The van der Waals surface area contributed by atoms with E-state index in [1.165, 1.54) is 22.9 Å². The number of hydrogen-bond donors (Lipinski definition) is 1. The summed E-state index contributed by atoms with van der Waals surface area (Å²) >= 11 is 0. The molecule has 4 heteroatoms. The normalized spacial score (nSPS) is 19.7. The molecule has 0 spiro atoms. The highest BCUT2D eigenvalue weighted by atomic mass is 16.3. The van der Waals surface area contributed by atoms with Crippen LogP contribution in [-0.2, 0) is 13.1 Å². The number of piperazine rings is 1. The largest absolute Gasteiger partial charge is 0.396 e. The summed E-state index contributed by atoms with van der Waals surface area (Å²) in [5.41, 5.74) is 2.77. The van der Waals surface area contributed by atoms with Crippen LogP contribution < -0.4 is 0 Å².